The van der Waals surface area contributed by atoms with Crippen LogP contribution in [0.4, 0.5) is 0 Å². The number of aromatic carboxylic acids is 1. The number of aromatic nitrogens is 1. The van der Waals surface area contributed by atoms with Gasteiger partial charge in [-0.15, -0.1) is 0 Å². The minimum Gasteiger partial charge on any atom is -0.481 e. The van der Waals surface area contributed by atoms with Gasteiger partial charge in [0.15, 0.2) is 0 Å². The van der Waals surface area contributed by atoms with Gasteiger partial charge >= 0.3 is 11.9 Å². The minimum absolute atomic E-state index is 0.181. The molecule has 114 valence electrons. The number of fused-ring (bicyclic) bond motifs is 1. The summed E-state index contributed by atoms with van der Waals surface area (Å²) < 4.78 is 0. The second-order valence-corrected chi connectivity index (χ2v) is 5.77. The van der Waals surface area contributed by atoms with Crippen LogP contribution in [0.15, 0.2) is 24.3 Å². The van der Waals surface area contributed by atoms with E-state index in [0.717, 1.165) is 22.0 Å². The van der Waals surface area contributed by atoms with Crippen molar-refractivity contribution in [3.8, 4) is 0 Å². The van der Waals surface area contributed by atoms with E-state index >= 15 is 0 Å². The standard InChI is InChI=1S/C17H17NO4/c1-9-2-7-13-12(8-9)14(15(18-13)17(21)22)10-3-5-11(6-4-10)16(19)20/h2-3,7-8,11,18H,4-6H2,1H3,(H,19,20)(H,21,22). The summed E-state index contributed by atoms with van der Waals surface area (Å²) in [5.41, 5.74) is 3.66. The van der Waals surface area contributed by atoms with Crippen LogP contribution in [0.2, 0.25) is 0 Å². The van der Waals surface area contributed by atoms with Crippen LogP contribution >= 0.6 is 0 Å². The lowest BCUT2D eigenvalue weighted by Crippen LogP contribution is -2.16. The van der Waals surface area contributed by atoms with Crippen LogP contribution in [0.5, 0.6) is 0 Å². The van der Waals surface area contributed by atoms with Crippen LogP contribution in [0, 0.1) is 12.8 Å². The lowest BCUT2D eigenvalue weighted by Gasteiger charge is -2.19. The lowest BCUT2D eigenvalue weighted by molar-refractivity contribution is -0.141. The molecule has 0 aliphatic heterocycles. The largest absolute Gasteiger partial charge is 0.481 e. The Hall–Kier alpha value is -2.56. The van der Waals surface area contributed by atoms with E-state index in [4.69, 9.17) is 5.11 Å². The molecule has 0 bridgehead atoms. The van der Waals surface area contributed by atoms with Gasteiger partial charge in [-0.05, 0) is 43.9 Å². The molecule has 0 saturated carbocycles. The minimum atomic E-state index is -0.995. The van der Waals surface area contributed by atoms with Crippen molar-refractivity contribution in [2.24, 2.45) is 5.92 Å². The highest BCUT2D eigenvalue weighted by atomic mass is 16.4. The Labute approximate surface area is 127 Å². The second kappa shape index (κ2) is 5.33. The molecule has 0 saturated heterocycles. The normalized spacial score (nSPS) is 18.2. The van der Waals surface area contributed by atoms with Crippen molar-refractivity contribution in [2.45, 2.75) is 26.2 Å². The fourth-order valence-electron chi connectivity index (χ4n) is 3.09. The number of carboxylic acids is 2. The van der Waals surface area contributed by atoms with Gasteiger partial charge in [0.05, 0.1) is 5.92 Å². The van der Waals surface area contributed by atoms with Crippen LogP contribution in [0.1, 0.15) is 40.9 Å². The molecule has 5 heteroatoms. The third kappa shape index (κ3) is 2.39. The number of allylic oxidation sites excluding steroid dienone is 2. The van der Waals surface area contributed by atoms with Gasteiger partial charge in [0, 0.05) is 16.5 Å². The number of carboxylic acid groups (broad SMARTS) is 2. The molecular formula is C17H17NO4. The first-order chi connectivity index (χ1) is 10.5. The zero-order chi connectivity index (χ0) is 15.9. The summed E-state index contributed by atoms with van der Waals surface area (Å²) in [6, 6.07) is 5.78. The molecule has 1 aromatic heterocycles. The summed E-state index contributed by atoms with van der Waals surface area (Å²) in [7, 11) is 0. The molecule has 1 unspecified atom stereocenters. The molecule has 3 N–H and O–H groups in total. The predicted octanol–water partition coefficient (Wildman–Crippen LogP) is 3.44. The first kappa shape index (κ1) is 14.4. The highest BCUT2D eigenvalue weighted by Crippen LogP contribution is 2.36. The van der Waals surface area contributed by atoms with Gasteiger partial charge in [0.2, 0.25) is 0 Å². The number of hydrogen-bond donors (Lipinski definition) is 3. The third-order valence-corrected chi connectivity index (χ3v) is 4.25. The van der Waals surface area contributed by atoms with Crippen LogP contribution in [0.3, 0.4) is 0 Å². The molecule has 1 heterocycles. The first-order valence-electron chi connectivity index (χ1n) is 7.25. The van der Waals surface area contributed by atoms with E-state index in [-0.39, 0.29) is 11.6 Å². The molecule has 0 fully saturated rings. The highest BCUT2D eigenvalue weighted by Gasteiger charge is 2.26. The Bertz CT molecular complexity index is 800. The summed E-state index contributed by atoms with van der Waals surface area (Å²) in [4.78, 5) is 25.6. The van der Waals surface area contributed by atoms with E-state index in [1.165, 1.54) is 0 Å². The topological polar surface area (TPSA) is 90.4 Å². The maximum absolute atomic E-state index is 11.5. The molecule has 1 aromatic carbocycles. The molecule has 5 nitrogen and oxygen atoms in total. The van der Waals surface area contributed by atoms with E-state index in [0.29, 0.717) is 24.8 Å². The molecule has 2 aromatic rings. The van der Waals surface area contributed by atoms with Gasteiger partial charge in [-0.3, -0.25) is 4.79 Å². The summed E-state index contributed by atoms with van der Waals surface area (Å²) in [6.45, 7) is 1.96. The molecule has 0 radical (unpaired) electrons. The third-order valence-electron chi connectivity index (χ3n) is 4.25. The maximum Gasteiger partial charge on any atom is 0.352 e. The molecule has 1 aliphatic carbocycles. The van der Waals surface area contributed by atoms with Crippen LogP contribution in [-0.2, 0) is 4.79 Å². The van der Waals surface area contributed by atoms with Crippen molar-refractivity contribution < 1.29 is 19.8 Å². The van der Waals surface area contributed by atoms with Crippen LogP contribution < -0.4 is 0 Å². The van der Waals surface area contributed by atoms with E-state index < -0.39 is 11.9 Å². The molecule has 22 heavy (non-hydrogen) atoms. The lowest BCUT2D eigenvalue weighted by atomic mass is 9.85. The molecule has 3 rings (SSSR count). The zero-order valence-electron chi connectivity index (χ0n) is 12.2. The number of aryl methyl sites for hydroxylation is 1. The van der Waals surface area contributed by atoms with Crippen LogP contribution in [-0.4, -0.2) is 27.1 Å². The predicted molar refractivity (Wildman–Crippen MR) is 82.9 cm³/mol. The number of nitrogens with one attached hydrogen (secondary N) is 1. The van der Waals surface area contributed by atoms with E-state index in [9.17, 15) is 14.7 Å². The Balaban J connectivity index is 2.13. The molecule has 1 aliphatic rings. The second-order valence-electron chi connectivity index (χ2n) is 5.77. The number of aliphatic carboxylic acids is 1. The summed E-state index contributed by atoms with van der Waals surface area (Å²) in [5.74, 6) is -2.15. The molecular weight excluding hydrogens is 282 g/mol. The average Bonchev–Trinajstić information content (AvgIpc) is 2.86. The van der Waals surface area contributed by atoms with E-state index in [2.05, 4.69) is 4.98 Å². The number of aromatic amines is 1. The van der Waals surface area contributed by atoms with Crippen molar-refractivity contribution in [1.29, 1.82) is 0 Å². The number of H-pyrrole nitrogens is 1. The summed E-state index contributed by atoms with van der Waals surface area (Å²) >= 11 is 0. The van der Waals surface area contributed by atoms with E-state index in [1.807, 2.05) is 31.2 Å². The van der Waals surface area contributed by atoms with Gasteiger partial charge < -0.3 is 15.2 Å². The van der Waals surface area contributed by atoms with Gasteiger partial charge in [-0.2, -0.15) is 0 Å². The van der Waals surface area contributed by atoms with Crippen molar-refractivity contribution in [3.05, 3.63) is 41.1 Å². The Kier molecular flexibility index (Phi) is 3.48. The smallest absolute Gasteiger partial charge is 0.352 e. The van der Waals surface area contributed by atoms with Gasteiger partial charge in [0.25, 0.3) is 0 Å². The van der Waals surface area contributed by atoms with Gasteiger partial charge in [0.1, 0.15) is 5.69 Å². The summed E-state index contributed by atoms with van der Waals surface area (Å²) in [6.07, 6.45) is 3.44. The fourth-order valence-corrected chi connectivity index (χ4v) is 3.09. The van der Waals surface area contributed by atoms with Gasteiger partial charge in [-0.1, -0.05) is 17.7 Å². The first-order valence-corrected chi connectivity index (χ1v) is 7.25. The maximum atomic E-state index is 11.5. The number of rotatable bonds is 3. The Morgan fingerprint density at radius 1 is 1.27 bits per heavy atom. The summed E-state index contributed by atoms with van der Waals surface area (Å²) in [5, 5.41) is 19.4. The Morgan fingerprint density at radius 2 is 2.05 bits per heavy atom. The Morgan fingerprint density at radius 3 is 2.64 bits per heavy atom. The number of hydrogen-bond acceptors (Lipinski definition) is 2. The highest BCUT2D eigenvalue weighted by molar-refractivity contribution is 6.04. The fraction of sp³-hybridized carbons (Fsp3) is 0.294. The van der Waals surface area contributed by atoms with Crippen molar-refractivity contribution in [1.82, 2.24) is 4.98 Å². The SMILES string of the molecule is Cc1ccc2[nH]c(C(=O)O)c(C3=CCC(C(=O)O)CC3)c2c1. The van der Waals surface area contributed by atoms with Crippen molar-refractivity contribution >= 4 is 28.4 Å². The monoisotopic (exact) mass is 299 g/mol. The average molecular weight is 299 g/mol. The quantitative estimate of drug-likeness (QED) is 0.809. The zero-order valence-corrected chi connectivity index (χ0v) is 12.2. The number of benzene rings is 1. The molecule has 0 amide bonds. The van der Waals surface area contributed by atoms with E-state index in [1.54, 1.807) is 0 Å². The van der Waals surface area contributed by atoms with Crippen molar-refractivity contribution in [3.63, 3.8) is 0 Å². The van der Waals surface area contributed by atoms with Crippen LogP contribution in [0.25, 0.3) is 16.5 Å². The molecule has 0 spiro atoms. The van der Waals surface area contributed by atoms with Gasteiger partial charge in [-0.25, -0.2) is 4.79 Å². The van der Waals surface area contributed by atoms with Crippen molar-refractivity contribution in [2.75, 3.05) is 0 Å². The number of carbonyl (C=O) groups is 2. The molecule has 1 atom stereocenters.